The maximum Gasteiger partial charge on any atom is 0.416 e. The van der Waals surface area contributed by atoms with Gasteiger partial charge in [0.2, 0.25) is 5.89 Å². The number of aromatic nitrogens is 1. The fourth-order valence-electron chi connectivity index (χ4n) is 2.86. The van der Waals surface area contributed by atoms with Gasteiger partial charge in [0.15, 0.2) is 6.61 Å². The summed E-state index contributed by atoms with van der Waals surface area (Å²) in [7, 11) is 0. The molecule has 0 radical (unpaired) electrons. The van der Waals surface area contributed by atoms with Crippen molar-refractivity contribution in [3.8, 4) is 17.2 Å². The van der Waals surface area contributed by atoms with E-state index < -0.39 is 24.3 Å². The van der Waals surface area contributed by atoms with Crippen molar-refractivity contribution in [2.75, 3.05) is 6.61 Å². The molecular formula is C22H20F3NO4S. The zero-order valence-corrected chi connectivity index (χ0v) is 17.6. The van der Waals surface area contributed by atoms with Gasteiger partial charge in [-0.25, -0.2) is 9.78 Å². The first-order valence-electron chi connectivity index (χ1n) is 9.41. The number of ether oxygens (including phenoxy) is 1. The van der Waals surface area contributed by atoms with E-state index >= 15 is 0 Å². The molecule has 3 aromatic rings. The maximum absolute atomic E-state index is 12.8. The van der Waals surface area contributed by atoms with Crippen LogP contribution in [0.4, 0.5) is 13.2 Å². The highest BCUT2D eigenvalue weighted by Gasteiger charge is 2.30. The summed E-state index contributed by atoms with van der Waals surface area (Å²) in [4.78, 5) is 16.0. The Labute approximate surface area is 181 Å². The van der Waals surface area contributed by atoms with Gasteiger partial charge in [0, 0.05) is 10.5 Å². The van der Waals surface area contributed by atoms with Crippen molar-refractivity contribution in [3.63, 3.8) is 0 Å². The third kappa shape index (κ3) is 5.81. The van der Waals surface area contributed by atoms with Crippen LogP contribution in [0.15, 0.2) is 51.8 Å². The van der Waals surface area contributed by atoms with E-state index in [2.05, 4.69) is 4.98 Å². The number of nitrogens with zero attached hydrogens (tertiary/aromatic N) is 1. The quantitative estimate of drug-likeness (QED) is 0.425. The zero-order chi connectivity index (χ0) is 22.6. The average Bonchev–Trinajstić information content (AvgIpc) is 3.14. The van der Waals surface area contributed by atoms with Crippen LogP contribution < -0.4 is 4.74 Å². The van der Waals surface area contributed by atoms with E-state index in [1.807, 2.05) is 26.0 Å². The van der Waals surface area contributed by atoms with Crippen LogP contribution in [0.25, 0.3) is 11.5 Å². The van der Waals surface area contributed by atoms with Crippen LogP contribution in [0.5, 0.6) is 5.75 Å². The second kappa shape index (κ2) is 9.47. The molecule has 1 aromatic heterocycles. The zero-order valence-electron chi connectivity index (χ0n) is 16.8. The van der Waals surface area contributed by atoms with Gasteiger partial charge in [-0.05, 0) is 61.4 Å². The molecule has 0 aliphatic rings. The van der Waals surface area contributed by atoms with Crippen molar-refractivity contribution in [2.24, 2.45) is 0 Å². The summed E-state index contributed by atoms with van der Waals surface area (Å²) in [6.07, 6.45) is -3.77. The smallest absolute Gasteiger partial charge is 0.416 e. The molecule has 9 heteroatoms. The monoisotopic (exact) mass is 451 g/mol. The van der Waals surface area contributed by atoms with Gasteiger partial charge in [-0.1, -0.05) is 6.92 Å². The third-order valence-electron chi connectivity index (χ3n) is 4.44. The van der Waals surface area contributed by atoms with E-state index in [0.717, 1.165) is 28.3 Å². The number of benzene rings is 2. The first-order chi connectivity index (χ1) is 14.7. The van der Waals surface area contributed by atoms with Crippen LogP contribution in [0.2, 0.25) is 0 Å². The van der Waals surface area contributed by atoms with Gasteiger partial charge in [-0.2, -0.15) is 13.2 Å². The number of hydrogen-bond donors (Lipinski definition) is 1. The number of hydrogen-bond acceptors (Lipinski definition) is 5. The van der Waals surface area contributed by atoms with Gasteiger partial charge in [-0.15, -0.1) is 11.8 Å². The van der Waals surface area contributed by atoms with Gasteiger partial charge >= 0.3 is 12.1 Å². The lowest BCUT2D eigenvalue weighted by Crippen LogP contribution is -2.09. The SMILES string of the molecule is CCc1nc(-c2ccc(C(F)(F)F)cc2)oc1CSc1ccc(OCC(=O)O)c(C)c1. The van der Waals surface area contributed by atoms with E-state index in [1.54, 1.807) is 6.07 Å². The molecule has 0 saturated heterocycles. The average molecular weight is 451 g/mol. The largest absolute Gasteiger partial charge is 0.482 e. The Morgan fingerprint density at radius 3 is 2.48 bits per heavy atom. The topological polar surface area (TPSA) is 72.6 Å². The Morgan fingerprint density at radius 2 is 1.90 bits per heavy atom. The molecule has 0 aliphatic heterocycles. The van der Waals surface area contributed by atoms with Crippen molar-refractivity contribution in [2.45, 2.75) is 37.1 Å². The van der Waals surface area contributed by atoms with Crippen molar-refractivity contribution in [1.82, 2.24) is 4.98 Å². The number of carboxylic acid groups (broad SMARTS) is 1. The summed E-state index contributed by atoms with van der Waals surface area (Å²) >= 11 is 1.51. The number of carboxylic acids is 1. The van der Waals surface area contributed by atoms with Crippen LogP contribution in [0.1, 0.15) is 29.5 Å². The highest BCUT2D eigenvalue weighted by Crippen LogP contribution is 2.33. The van der Waals surface area contributed by atoms with E-state index in [-0.39, 0.29) is 5.89 Å². The molecule has 0 unspecified atom stereocenters. The summed E-state index contributed by atoms with van der Waals surface area (Å²) in [6.45, 7) is 3.36. The standard InChI is InChI=1S/C22H20F3NO4S/c1-3-17-19(12-31-16-8-9-18(13(2)10-16)29-11-20(27)28)30-21(26-17)14-4-6-15(7-5-14)22(23,24)25/h4-10H,3,11-12H2,1-2H3,(H,27,28). The van der Waals surface area contributed by atoms with Gasteiger partial charge in [-0.3, -0.25) is 0 Å². The normalized spacial score (nSPS) is 11.5. The second-order valence-electron chi connectivity index (χ2n) is 6.72. The Hall–Kier alpha value is -2.94. The minimum absolute atomic E-state index is 0.287. The number of rotatable bonds is 8. The highest BCUT2D eigenvalue weighted by molar-refractivity contribution is 7.98. The van der Waals surface area contributed by atoms with Gasteiger partial charge in [0.25, 0.3) is 0 Å². The number of aryl methyl sites for hydroxylation is 2. The molecule has 0 spiro atoms. The molecule has 5 nitrogen and oxygen atoms in total. The summed E-state index contributed by atoms with van der Waals surface area (Å²) in [5, 5.41) is 8.72. The molecule has 1 N–H and O–H groups in total. The predicted molar refractivity (Wildman–Crippen MR) is 110 cm³/mol. The molecule has 0 atom stereocenters. The molecule has 3 rings (SSSR count). The minimum atomic E-state index is -4.39. The fraction of sp³-hybridized carbons (Fsp3) is 0.273. The van der Waals surface area contributed by atoms with Crippen LogP contribution in [0.3, 0.4) is 0 Å². The predicted octanol–water partition coefficient (Wildman–Crippen LogP) is 5.99. The van der Waals surface area contributed by atoms with Crippen LogP contribution in [-0.4, -0.2) is 22.7 Å². The molecule has 0 amide bonds. The molecule has 0 fully saturated rings. The first-order valence-corrected chi connectivity index (χ1v) is 10.4. The Morgan fingerprint density at radius 1 is 1.19 bits per heavy atom. The Bertz CT molecular complexity index is 1060. The summed E-state index contributed by atoms with van der Waals surface area (Å²) < 4.78 is 49.4. The number of thioether (sulfide) groups is 1. The molecule has 164 valence electrons. The fourth-order valence-corrected chi connectivity index (χ4v) is 3.81. The van der Waals surface area contributed by atoms with E-state index in [1.165, 1.54) is 23.9 Å². The summed E-state index contributed by atoms with van der Waals surface area (Å²) in [5.74, 6) is 0.899. The number of aliphatic carboxylic acids is 1. The number of carbonyl (C=O) groups is 1. The van der Waals surface area contributed by atoms with Crippen LogP contribution in [-0.2, 0) is 23.1 Å². The molecule has 2 aromatic carbocycles. The minimum Gasteiger partial charge on any atom is -0.482 e. The van der Waals surface area contributed by atoms with E-state index in [4.69, 9.17) is 14.3 Å². The number of halogens is 3. The third-order valence-corrected chi connectivity index (χ3v) is 5.43. The molecule has 0 bridgehead atoms. The highest BCUT2D eigenvalue weighted by atomic mass is 32.2. The van der Waals surface area contributed by atoms with Crippen molar-refractivity contribution in [3.05, 3.63) is 65.0 Å². The Kier molecular flexibility index (Phi) is 6.94. The molecule has 31 heavy (non-hydrogen) atoms. The first kappa shape index (κ1) is 22.7. The molecular weight excluding hydrogens is 431 g/mol. The number of oxazole rings is 1. The summed E-state index contributed by atoms with van der Waals surface area (Å²) in [6, 6.07) is 10.2. The molecule has 0 saturated carbocycles. The van der Waals surface area contributed by atoms with Gasteiger partial charge in [0.05, 0.1) is 17.0 Å². The van der Waals surface area contributed by atoms with Gasteiger partial charge in [0.1, 0.15) is 11.5 Å². The van der Waals surface area contributed by atoms with Crippen LogP contribution in [0, 0.1) is 6.92 Å². The molecule has 1 heterocycles. The van der Waals surface area contributed by atoms with Gasteiger partial charge < -0.3 is 14.3 Å². The van der Waals surface area contributed by atoms with Crippen molar-refractivity contribution in [1.29, 1.82) is 0 Å². The lowest BCUT2D eigenvalue weighted by molar-refractivity contribution is -0.139. The van der Waals surface area contributed by atoms with E-state index in [9.17, 15) is 18.0 Å². The van der Waals surface area contributed by atoms with Crippen molar-refractivity contribution < 1.29 is 32.2 Å². The Balaban J connectivity index is 1.72. The lowest BCUT2D eigenvalue weighted by atomic mass is 10.1. The number of alkyl halides is 3. The summed E-state index contributed by atoms with van der Waals surface area (Å²) in [5.41, 5.74) is 1.32. The van der Waals surface area contributed by atoms with E-state index in [0.29, 0.717) is 29.2 Å². The lowest BCUT2D eigenvalue weighted by Gasteiger charge is -2.08. The molecule has 0 aliphatic carbocycles. The van der Waals surface area contributed by atoms with Crippen molar-refractivity contribution >= 4 is 17.7 Å². The van der Waals surface area contributed by atoms with Crippen LogP contribution >= 0.6 is 11.8 Å². The maximum atomic E-state index is 12.8. The second-order valence-corrected chi connectivity index (χ2v) is 7.76.